The summed E-state index contributed by atoms with van der Waals surface area (Å²) in [6, 6.07) is 0. The fourth-order valence-electron chi connectivity index (χ4n) is 1.09. The van der Waals surface area contributed by atoms with Gasteiger partial charge in [-0.1, -0.05) is 0 Å². The zero-order valence-electron chi connectivity index (χ0n) is 6.81. The summed E-state index contributed by atoms with van der Waals surface area (Å²) in [6.07, 6.45) is 0.222. The highest BCUT2D eigenvalue weighted by atomic mass is 16.7. The van der Waals surface area contributed by atoms with Gasteiger partial charge in [0.1, 0.15) is 0 Å². The van der Waals surface area contributed by atoms with E-state index in [1.54, 1.807) is 0 Å². The van der Waals surface area contributed by atoms with E-state index in [9.17, 15) is 0 Å². The van der Waals surface area contributed by atoms with Crippen LogP contribution in [0.3, 0.4) is 0 Å². The van der Waals surface area contributed by atoms with Gasteiger partial charge in [-0.25, -0.2) is 0 Å². The molecule has 1 aliphatic heterocycles. The van der Waals surface area contributed by atoms with E-state index in [4.69, 9.17) is 9.47 Å². The highest BCUT2D eigenvalue weighted by Crippen LogP contribution is 2.21. The van der Waals surface area contributed by atoms with Crippen molar-refractivity contribution in [2.75, 3.05) is 20.2 Å². The summed E-state index contributed by atoms with van der Waals surface area (Å²) in [4.78, 5) is 0. The van der Waals surface area contributed by atoms with E-state index in [1.807, 2.05) is 20.9 Å². The summed E-state index contributed by atoms with van der Waals surface area (Å²) >= 11 is 0. The first-order valence-electron chi connectivity index (χ1n) is 3.60. The molecular formula is C7H15NO2. The molecule has 3 heteroatoms. The van der Waals surface area contributed by atoms with Gasteiger partial charge in [0.2, 0.25) is 0 Å². The smallest absolute Gasteiger partial charge is 0.163 e. The third-order valence-corrected chi connectivity index (χ3v) is 1.50. The third-order valence-electron chi connectivity index (χ3n) is 1.50. The first-order valence-corrected chi connectivity index (χ1v) is 3.60. The van der Waals surface area contributed by atoms with Crippen LogP contribution >= 0.6 is 0 Å². The Kier molecular flexibility index (Phi) is 2.28. The second-order valence-electron chi connectivity index (χ2n) is 3.01. The molecule has 0 radical (unpaired) electrons. The Labute approximate surface area is 61.7 Å². The molecule has 1 aliphatic rings. The number of nitrogens with one attached hydrogen (secondary N) is 1. The minimum atomic E-state index is -0.373. The molecule has 1 saturated heterocycles. The number of hydrogen-bond donors (Lipinski definition) is 1. The molecule has 1 atom stereocenters. The number of rotatable bonds is 2. The molecule has 0 aromatic carbocycles. The average molecular weight is 145 g/mol. The largest absolute Gasteiger partial charge is 0.348 e. The van der Waals surface area contributed by atoms with Gasteiger partial charge in [-0.2, -0.15) is 0 Å². The van der Waals surface area contributed by atoms with Crippen molar-refractivity contribution in [3.05, 3.63) is 0 Å². The molecule has 0 spiro atoms. The lowest BCUT2D eigenvalue weighted by atomic mass is 10.4. The molecule has 0 saturated carbocycles. The lowest BCUT2D eigenvalue weighted by Crippen LogP contribution is -2.28. The molecule has 0 aromatic rings. The van der Waals surface area contributed by atoms with Crippen LogP contribution in [0.4, 0.5) is 0 Å². The molecule has 1 fully saturated rings. The Morgan fingerprint density at radius 3 is 2.70 bits per heavy atom. The molecule has 1 N–H and O–H groups in total. The topological polar surface area (TPSA) is 30.5 Å². The zero-order valence-corrected chi connectivity index (χ0v) is 6.81. The Balaban J connectivity index is 2.29. The molecule has 1 heterocycles. The van der Waals surface area contributed by atoms with Crippen molar-refractivity contribution in [1.29, 1.82) is 0 Å². The fraction of sp³-hybridized carbons (Fsp3) is 1.00. The van der Waals surface area contributed by atoms with Crippen LogP contribution in [-0.2, 0) is 9.47 Å². The quantitative estimate of drug-likeness (QED) is 0.608. The molecule has 0 bridgehead atoms. The predicted octanol–water partition coefficient (Wildman–Crippen LogP) is 0.357. The second-order valence-corrected chi connectivity index (χ2v) is 3.01. The van der Waals surface area contributed by atoms with Crippen LogP contribution in [0.25, 0.3) is 0 Å². The Morgan fingerprint density at radius 2 is 2.30 bits per heavy atom. The van der Waals surface area contributed by atoms with Crippen molar-refractivity contribution in [3.63, 3.8) is 0 Å². The van der Waals surface area contributed by atoms with Crippen molar-refractivity contribution in [3.8, 4) is 0 Å². The van der Waals surface area contributed by atoms with Gasteiger partial charge in [-0.15, -0.1) is 0 Å². The van der Waals surface area contributed by atoms with Crippen LogP contribution in [0.2, 0.25) is 0 Å². The maximum atomic E-state index is 5.50. The molecule has 3 nitrogen and oxygen atoms in total. The summed E-state index contributed by atoms with van der Waals surface area (Å²) in [7, 11) is 1.91. The van der Waals surface area contributed by atoms with Crippen molar-refractivity contribution >= 4 is 0 Å². The maximum Gasteiger partial charge on any atom is 0.163 e. The molecular weight excluding hydrogens is 130 g/mol. The van der Waals surface area contributed by atoms with Crippen molar-refractivity contribution in [2.45, 2.75) is 25.7 Å². The van der Waals surface area contributed by atoms with Crippen LogP contribution in [0, 0.1) is 0 Å². The van der Waals surface area contributed by atoms with Gasteiger partial charge < -0.3 is 14.8 Å². The van der Waals surface area contributed by atoms with Gasteiger partial charge in [0.25, 0.3) is 0 Å². The highest BCUT2D eigenvalue weighted by Gasteiger charge is 2.31. The number of ether oxygens (including phenoxy) is 2. The first kappa shape index (κ1) is 7.98. The van der Waals surface area contributed by atoms with E-state index in [0.29, 0.717) is 6.61 Å². The first-order chi connectivity index (χ1) is 4.64. The van der Waals surface area contributed by atoms with Gasteiger partial charge in [0.05, 0.1) is 12.7 Å². The van der Waals surface area contributed by atoms with Crippen LogP contribution in [0.5, 0.6) is 0 Å². The monoisotopic (exact) mass is 145 g/mol. The van der Waals surface area contributed by atoms with E-state index in [2.05, 4.69) is 5.32 Å². The van der Waals surface area contributed by atoms with E-state index in [1.165, 1.54) is 0 Å². The van der Waals surface area contributed by atoms with Gasteiger partial charge in [-0.05, 0) is 20.9 Å². The van der Waals surface area contributed by atoms with Gasteiger partial charge >= 0.3 is 0 Å². The molecule has 0 unspecified atom stereocenters. The minimum absolute atomic E-state index is 0.222. The van der Waals surface area contributed by atoms with Crippen LogP contribution in [0.1, 0.15) is 13.8 Å². The zero-order chi connectivity index (χ0) is 7.61. The normalized spacial score (nSPS) is 30.9. The number of hydrogen-bond acceptors (Lipinski definition) is 3. The SMILES string of the molecule is CNC[C@@H]1COC(C)(C)O1. The highest BCUT2D eigenvalue weighted by molar-refractivity contribution is 4.71. The molecule has 0 aliphatic carbocycles. The van der Waals surface area contributed by atoms with Crippen LogP contribution in [-0.4, -0.2) is 32.1 Å². The number of likely N-dealkylation sites (N-methyl/N-ethyl adjacent to an activating group) is 1. The van der Waals surface area contributed by atoms with Gasteiger partial charge in [0, 0.05) is 6.54 Å². The summed E-state index contributed by atoms with van der Waals surface area (Å²) in [5, 5.41) is 3.04. The maximum absolute atomic E-state index is 5.50. The van der Waals surface area contributed by atoms with Gasteiger partial charge in [0.15, 0.2) is 5.79 Å². The van der Waals surface area contributed by atoms with E-state index in [0.717, 1.165) is 6.54 Å². The van der Waals surface area contributed by atoms with E-state index >= 15 is 0 Å². The van der Waals surface area contributed by atoms with Gasteiger partial charge in [-0.3, -0.25) is 0 Å². The predicted molar refractivity (Wildman–Crippen MR) is 38.8 cm³/mol. The van der Waals surface area contributed by atoms with Crippen LogP contribution in [0.15, 0.2) is 0 Å². The molecule has 10 heavy (non-hydrogen) atoms. The Bertz CT molecular complexity index is 114. The third kappa shape index (κ3) is 1.94. The van der Waals surface area contributed by atoms with Crippen molar-refractivity contribution in [1.82, 2.24) is 5.32 Å². The standard InChI is InChI=1S/C7H15NO2/c1-7(2)9-5-6(10-7)4-8-3/h6,8H,4-5H2,1-3H3/t6-/m1/s1. The molecule has 60 valence electrons. The Hall–Kier alpha value is -0.120. The summed E-state index contributed by atoms with van der Waals surface area (Å²) in [5.74, 6) is -0.373. The summed E-state index contributed by atoms with van der Waals surface area (Å²) in [5.41, 5.74) is 0. The average Bonchev–Trinajstić information content (AvgIpc) is 2.12. The van der Waals surface area contributed by atoms with Crippen LogP contribution < -0.4 is 5.32 Å². The summed E-state index contributed by atoms with van der Waals surface area (Å²) < 4.78 is 10.8. The van der Waals surface area contributed by atoms with E-state index in [-0.39, 0.29) is 11.9 Å². The minimum Gasteiger partial charge on any atom is -0.348 e. The Morgan fingerprint density at radius 1 is 1.60 bits per heavy atom. The molecule has 0 aromatic heterocycles. The lowest BCUT2D eigenvalue weighted by Gasteiger charge is -2.16. The second kappa shape index (κ2) is 2.86. The van der Waals surface area contributed by atoms with Crippen molar-refractivity contribution in [2.24, 2.45) is 0 Å². The fourth-order valence-corrected chi connectivity index (χ4v) is 1.09. The molecule has 0 amide bonds. The van der Waals surface area contributed by atoms with E-state index < -0.39 is 0 Å². The molecule has 1 rings (SSSR count). The lowest BCUT2D eigenvalue weighted by molar-refractivity contribution is -0.137. The van der Waals surface area contributed by atoms with Crippen molar-refractivity contribution < 1.29 is 9.47 Å². The summed E-state index contributed by atoms with van der Waals surface area (Å²) in [6.45, 7) is 5.43.